The summed E-state index contributed by atoms with van der Waals surface area (Å²) in [5.41, 5.74) is 1.58. The molecule has 0 unspecified atom stereocenters. The lowest BCUT2D eigenvalue weighted by atomic mass is 9.69. The minimum atomic E-state index is 0.288. The van der Waals surface area contributed by atoms with Gasteiger partial charge in [-0.25, -0.2) is 0 Å². The Morgan fingerprint density at radius 2 is 2.00 bits per heavy atom. The molecule has 1 N–H and O–H groups in total. The molecule has 0 aliphatic carbocycles. The number of hydrogen-bond donors (Lipinski definition) is 1. The van der Waals surface area contributed by atoms with Gasteiger partial charge in [0.1, 0.15) is 0 Å². The van der Waals surface area contributed by atoms with Crippen LogP contribution >= 0.6 is 11.6 Å². The number of nitrogens with one attached hydrogen (secondary N) is 1. The number of likely N-dealkylation sites (tertiary alicyclic amines) is 1. The van der Waals surface area contributed by atoms with Crippen molar-refractivity contribution in [3.8, 4) is 0 Å². The Morgan fingerprint density at radius 1 is 1.26 bits per heavy atom. The first kappa shape index (κ1) is 21.1. The number of piperidine rings is 1. The minimum absolute atomic E-state index is 0.288. The summed E-state index contributed by atoms with van der Waals surface area (Å²) < 4.78 is 6.11. The van der Waals surface area contributed by atoms with E-state index in [1.54, 1.807) is 0 Å². The molecule has 1 aromatic carbocycles. The van der Waals surface area contributed by atoms with Gasteiger partial charge in [-0.05, 0) is 88.2 Å². The van der Waals surface area contributed by atoms with Gasteiger partial charge >= 0.3 is 0 Å². The standard InChI is InChI=1S/C23H37ClN2O/c1-18(2)22-17-23(11-15-27-22,16-19-6-4-5-7-21(19)24)10-12-25-20-8-13-26(3)14-9-20/h4-7,18,20,22,25H,8-17H2,1-3H3/t22-,23+/m1/s1. The van der Waals surface area contributed by atoms with Crippen molar-refractivity contribution >= 4 is 11.6 Å². The number of benzene rings is 1. The first-order chi connectivity index (χ1) is 13.0. The second-order valence-electron chi connectivity index (χ2n) is 9.16. The molecule has 0 amide bonds. The quantitative estimate of drug-likeness (QED) is 0.722. The average Bonchev–Trinajstić information content (AvgIpc) is 2.65. The number of nitrogens with zero attached hydrogens (tertiary/aromatic N) is 1. The third kappa shape index (κ3) is 5.93. The van der Waals surface area contributed by atoms with Crippen molar-refractivity contribution in [2.24, 2.45) is 11.3 Å². The van der Waals surface area contributed by atoms with Crippen LogP contribution in [0.5, 0.6) is 0 Å². The fourth-order valence-corrected chi connectivity index (χ4v) is 4.92. The third-order valence-corrected chi connectivity index (χ3v) is 7.04. The Hall–Kier alpha value is -0.610. The van der Waals surface area contributed by atoms with Crippen LogP contribution in [0.2, 0.25) is 5.02 Å². The Bertz CT molecular complexity index is 585. The van der Waals surface area contributed by atoms with Crippen molar-refractivity contribution in [3.05, 3.63) is 34.9 Å². The van der Waals surface area contributed by atoms with Crippen LogP contribution in [0.4, 0.5) is 0 Å². The van der Waals surface area contributed by atoms with E-state index in [1.807, 2.05) is 12.1 Å². The normalized spacial score (nSPS) is 28.0. The summed E-state index contributed by atoms with van der Waals surface area (Å²) in [7, 11) is 2.23. The van der Waals surface area contributed by atoms with Crippen molar-refractivity contribution in [2.75, 3.05) is 33.3 Å². The summed E-state index contributed by atoms with van der Waals surface area (Å²) in [4.78, 5) is 2.43. The summed E-state index contributed by atoms with van der Waals surface area (Å²) in [5, 5.41) is 4.77. The maximum atomic E-state index is 6.52. The zero-order valence-electron chi connectivity index (χ0n) is 17.3. The lowest BCUT2D eigenvalue weighted by Gasteiger charge is -2.43. The first-order valence-electron chi connectivity index (χ1n) is 10.7. The molecule has 0 saturated carbocycles. The molecule has 2 aliphatic rings. The van der Waals surface area contributed by atoms with Gasteiger partial charge < -0.3 is 15.0 Å². The number of rotatable bonds is 7. The molecular formula is C23H37ClN2O. The van der Waals surface area contributed by atoms with E-state index in [1.165, 1.54) is 37.9 Å². The number of hydrogen-bond acceptors (Lipinski definition) is 3. The van der Waals surface area contributed by atoms with E-state index >= 15 is 0 Å². The molecule has 0 radical (unpaired) electrons. The van der Waals surface area contributed by atoms with Crippen LogP contribution in [0, 0.1) is 11.3 Å². The van der Waals surface area contributed by atoms with E-state index in [2.05, 4.69) is 43.2 Å². The Kier molecular flexibility index (Phi) is 7.61. The van der Waals surface area contributed by atoms with Crippen molar-refractivity contribution in [1.82, 2.24) is 10.2 Å². The zero-order chi connectivity index (χ0) is 19.3. The van der Waals surface area contributed by atoms with Crippen LogP contribution in [0.15, 0.2) is 24.3 Å². The highest BCUT2D eigenvalue weighted by Crippen LogP contribution is 2.42. The molecule has 2 fully saturated rings. The minimum Gasteiger partial charge on any atom is -0.378 e. The predicted octanol–water partition coefficient (Wildman–Crippen LogP) is 4.78. The zero-order valence-corrected chi connectivity index (χ0v) is 18.1. The van der Waals surface area contributed by atoms with Crippen molar-refractivity contribution < 1.29 is 4.74 Å². The molecule has 0 bridgehead atoms. The van der Waals surface area contributed by atoms with Gasteiger partial charge in [0.25, 0.3) is 0 Å². The first-order valence-corrected chi connectivity index (χ1v) is 11.1. The highest BCUT2D eigenvalue weighted by Gasteiger charge is 2.38. The molecule has 2 aliphatic heterocycles. The van der Waals surface area contributed by atoms with Crippen LogP contribution in [0.3, 0.4) is 0 Å². The van der Waals surface area contributed by atoms with E-state index in [-0.39, 0.29) is 5.41 Å². The SMILES string of the molecule is CC(C)[C@H]1C[C@](CCNC2CCN(C)CC2)(Cc2ccccc2Cl)CCO1. The van der Waals surface area contributed by atoms with Crippen LogP contribution in [-0.2, 0) is 11.2 Å². The van der Waals surface area contributed by atoms with Gasteiger partial charge in [-0.15, -0.1) is 0 Å². The van der Waals surface area contributed by atoms with Gasteiger partial charge in [0.05, 0.1) is 6.10 Å². The molecule has 1 aromatic rings. The molecule has 3 rings (SSSR count). The fraction of sp³-hybridized carbons (Fsp3) is 0.739. The molecular weight excluding hydrogens is 356 g/mol. The van der Waals surface area contributed by atoms with Crippen molar-refractivity contribution in [2.45, 2.75) is 64.5 Å². The largest absolute Gasteiger partial charge is 0.378 e. The van der Waals surface area contributed by atoms with Gasteiger partial charge in [0.2, 0.25) is 0 Å². The average molecular weight is 393 g/mol. The Labute approximate surface area is 170 Å². The summed E-state index contributed by atoms with van der Waals surface area (Å²) in [6, 6.07) is 9.06. The van der Waals surface area contributed by atoms with Crippen LogP contribution in [0.25, 0.3) is 0 Å². The van der Waals surface area contributed by atoms with E-state index in [0.717, 1.165) is 37.4 Å². The number of halogens is 1. The summed E-state index contributed by atoms with van der Waals surface area (Å²) >= 11 is 6.52. The van der Waals surface area contributed by atoms with E-state index in [0.29, 0.717) is 18.1 Å². The number of ether oxygens (including phenoxy) is 1. The smallest absolute Gasteiger partial charge is 0.0603 e. The molecule has 2 atom stereocenters. The van der Waals surface area contributed by atoms with Crippen LogP contribution in [-0.4, -0.2) is 50.3 Å². The van der Waals surface area contributed by atoms with E-state index in [9.17, 15) is 0 Å². The Morgan fingerprint density at radius 3 is 2.70 bits per heavy atom. The maximum Gasteiger partial charge on any atom is 0.0603 e. The van der Waals surface area contributed by atoms with Crippen LogP contribution in [0.1, 0.15) is 51.5 Å². The van der Waals surface area contributed by atoms with E-state index in [4.69, 9.17) is 16.3 Å². The lowest BCUT2D eigenvalue weighted by molar-refractivity contribution is -0.0722. The summed E-state index contributed by atoms with van der Waals surface area (Å²) in [6.45, 7) is 8.97. The molecule has 0 spiro atoms. The van der Waals surface area contributed by atoms with Gasteiger partial charge in [-0.2, -0.15) is 0 Å². The molecule has 152 valence electrons. The molecule has 3 nitrogen and oxygen atoms in total. The predicted molar refractivity (Wildman–Crippen MR) is 115 cm³/mol. The maximum absolute atomic E-state index is 6.52. The van der Waals surface area contributed by atoms with Crippen LogP contribution < -0.4 is 5.32 Å². The highest BCUT2D eigenvalue weighted by molar-refractivity contribution is 6.31. The second kappa shape index (κ2) is 9.73. The molecule has 2 heterocycles. The molecule has 4 heteroatoms. The lowest BCUT2D eigenvalue weighted by Crippen LogP contribution is -2.44. The van der Waals surface area contributed by atoms with Gasteiger partial charge in [0.15, 0.2) is 0 Å². The van der Waals surface area contributed by atoms with Crippen molar-refractivity contribution in [1.29, 1.82) is 0 Å². The van der Waals surface area contributed by atoms with Crippen molar-refractivity contribution in [3.63, 3.8) is 0 Å². The molecule has 0 aromatic heterocycles. The Balaban J connectivity index is 1.65. The second-order valence-corrected chi connectivity index (χ2v) is 9.56. The molecule has 27 heavy (non-hydrogen) atoms. The molecule has 2 saturated heterocycles. The monoisotopic (exact) mass is 392 g/mol. The highest BCUT2D eigenvalue weighted by atomic mass is 35.5. The topological polar surface area (TPSA) is 24.5 Å². The van der Waals surface area contributed by atoms with Gasteiger partial charge in [0, 0.05) is 17.7 Å². The van der Waals surface area contributed by atoms with Gasteiger partial charge in [-0.3, -0.25) is 0 Å². The third-order valence-electron chi connectivity index (χ3n) is 6.67. The summed E-state index contributed by atoms with van der Waals surface area (Å²) in [6.07, 6.45) is 7.45. The fourth-order valence-electron chi connectivity index (χ4n) is 4.72. The van der Waals surface area contributed by atoms with E-state index < -0.39 is 0 Å². The van der Waals surface area contributed by atoms with Gasteiger partial charge in [-0.1, -0.05) is 43.6 Å². The summed E-state index contributed by atoms with van der Waals surface area (Å²) in [5.74, 6) is 0.567.